The molecule has 3 aromatic rings. The van der Waals surface area contributed by atoms with E-state index in [0.29, 0.717) is 30.3 Å². The molecule has 1 aromatic heterocycles. The maximum atomic E-state index is 13.8. The maximum absolute atomic E-state index is 13.8. The van der Waals surface area contributed by atoms with Crippen LogP contribution in [-0.2, 0) is 10.0 Å². The number of carbonyl (C=O) groups excluding carboxylic acids is 1. The van der Waals surface area contributed by atoms with Crippen LogP contribution in [0.2, 0.25) is 0 Å². The van der Waals surface area contributed by atoms with Crippen LogP contribution >= 0.6 is 23.7 Å². The molecule has 7 nitrogen and oxygen atoms in total. The summed E-state index contributed by atoms with van der Waals surface area (Å²) >= 11 is 1.52. The van der Waals surface area contributed by atoms with Crippen molar-refractivity contribution in [1.82, 2.24) is 14.2 Å². The van der Waals surface area contributed by atoms with Gasteiger partial charge in [-0.1, -0.05) is 44.1 Å². The summed E-state index contributed by atoms with van der Waals surface area (Å²) in [7, 11) is -3.56. The van der Waals surface area contributed by atoms with Gasteiger partial charge in [0.2, 0.25) is 10.0 Å². The van der Waals surface area contributed by atoms with Crippen LogP contribution in [0.3, 0.4) is 0 Å². The number of nitrogens with zero attached hydrogens (tertiary/aromatic N) is 4. The predicted octanol–water partition coefficient (Wildman–Crippen LogP) is 5.89. The van der Waals surface area contributed by atoms with Crippen LogP contribution < -0.4 is 4.90 Å². The summed E-state index contributed by atoms with van der Waals surface area (Å²) in [5.74, 6) is -0.167. The Morgan fingerprint density at radius 3 is 2.21 bits per heavy atom. The number of halogens is 1. The Morgan fingerprint density at radius 1 is 0.974 bits per heavy atom. The number of aryl methyl sites for hydroxylation is 2. The third-order valence-corrected chi connectivity index (χ3v) is 10.1. The molecule has 10 heteroatoms. The van der Waals surface area contributed by atoms with Gasteiger partial charge in [-0.3, -0.25) is 9.69 Å². The first-order valence-corrected chi connectivity index (χ1v) is 15.5. The molecule has 0 aliphatic carbocycles. The molecule has 0 N–H and O–H groups in total. The van der Waals surface area contributed by atoms with Gasteiger partial charge >= 0.3 is 0 Å². The van der Waals surface area contributed by atoms with E-state index in [9.17, 15) is 13.2 Å². The van der Waals surface area contributed by atoms with Gasteiger partial charge in [-0.25, -0.2) is 13.4 Å². The van der Waals surface area contributed by atoms with E-state index in [1.165, 1.54) is 16.9 Å². The fourth-order valence-corrected chi connectivity index (χ4v) is 7.58. The molecule has 0 radical (unpaired) electrons. The van der Waals surface area contributed by atoms with Crippen LogP contribution in [0.1, 0.15) is 61.0 Å². The number of sulfonamides is 1. The lowest BCUT2D eigenvalue weighted by atomic mass is 10.1. The average molecular weight is 579 g/mol. The van der Waals surface area contributed by atoms with Gasteiger partial charge < -0.3 is 4.90 Å². The van der Waals surface area contributed by atoms with Crippen LogP contribution in [0.15, 0.2) is 41.3 Å². The molecule has 208 valence electrons. The highest BCUT2D eigenvalue weighted by molar-refractivity contribution is 7.89. The van der Waals surface area contributed by atoms with E-state index in [2.05, 4.69) is 37.8 Å². The summed E-state index contributed by atoms with van der Waals surface area (Å²) in [6.07, 6.45) is 3.90. The highest BCUT2D eigenvalue weighted by Gasteiger charge is 2.27. The average Bonchev–Trinajstić information content (AvgIpc) is 3.11. The molecule has 0 spiro atoms. The highest BCUT2D eigenvalue weighted by Crippen LogP contribution is 2.32. The minimum absolute atomic E-state index is 0. The van der Waals surface area contributed by atoms with Gasteiger partial charge in [-0.2, -0.15) is 4.31 Å². The number of hydrogen-bond acceptors (Lipinski definition) is 6. The van der Waals surface area contributed by atoms with Gasteiger partial charge in [-0.05, 0) is 81.2 Å². The van der Waals surface area contributed by atoms with Crippen LogP contribution in [-0.4, -0.2) is 67.8 Å². The standard InChI is InChI=1S/C28H38N4O3S2.ClH/c1-5-30(6-2)17-18-32(28-29-26-22(4)19-21(3)20-25(26)36-28)27(33)23-11-13-24(14-12-23)37(34,35)31-15-9-7-8-10-16-31;/h11-14,19-20H,5-10,15-18H2,1-4H3;1H. The molecule has 2 heterocycles. The second-order valence-electron chi connectivity index (χ2n) is 9.75. The SMILES string of the molecule is CCN(CC)CCN(C(=O)c1ccc(S(=O)(=O)N2CCCCCC2)cc1)c1nc2c(C)cc(C)cc2s1.Cl. The second kappa shape index (κ2) is 13.3. The van der Waals surface area contributed by atoms with E-state index >= 15 is 0 Å². The van der Waals surface area contributed by atoms with Crippen LogP contribution in [0, 0.1) is 13.8 Å². The zero-order chi connectivity index (χ0) is 26.6. The molecular weight excluding hydrogens is 540 g/mol. The van der Waals surface area contributed by atoms with Crippen LogP contribution in [0.4, 0.5) is 5.13 Å². The van der Waals surface area contributed by atoms with E-state index in [0.717, 1.165) is 61.1 Å². The number of aromatic nitrogens is 1. The number of benzene rings is 2. The number of thiazole rings is 1. The zero-order valence-corrected chi connectivity index (χ0v) is 25.2. The van der Waals surface area contributed by atoms with Gasteiger partial charge in [-0.15, -0.1) is 12.4 Å². The number of hydrogen-bond donors (Lipinski definition) is 0. The quantitative estimate of drug-likeness (QED) is 0.317. The lowest BCUT2D eigenvalue weighted by molar-refractivity contribution is 0.0983. The first kappa shape index (κ1) is 30.5. The normalized spacial score (nSPS) is 14.9. The van der Waals surface area contributed by atoms with Crippen molar-refractivity contribution in [2.45, 2.75) is 58.3 Å². The van der Waals surface area contributed by atoms with Crippen molar-refractivity contribution < 1.29 is 13.2 Å². The van der Waals surface area contributed by atoms with Crippen molar-refractivity contribution in [3.63, 3.8) is 0 Å². The maximum Gasteiger partial charge on any atom is 0.260 e. The summed E-state index contributed by atoms with van der Waals surface area (Å²) in [6, 6.07) is 10.6. The van der Waals surface area contributed by atoms with Crippen LogP contribution in [0.5, 0.6) is 0 Å². The minimum Gasteiger partial charge on any atom is -0.302 e. The second-order valence-corrected chi connectivity index (χ2v) is 12.7. The largest absolute Gasteiger partial charge is 0.302 e. The molecule has 0 bridgehead atoms. The van der Waals surface area contributed by atoms with E-state index in [-0.39, 0.29) is 23.2 Å². The number of rotatable bonds is 9. The first-order chi connectivity index (χ1) is 17.7. The van der Waals surface area contributed by atoms with Gasteiger partial charge in [0.05, 0.1) is 15.1 Å². The van der Waals surface area contributed by atoms with Gasteiger partial charge in [0.15, 0.2) is 5.13 Å². The molecule has 1 saturated heterocycles. The summed E-state index contributed by atoms with van der Waals surface area (Å²) in [4.78, 5) is 22.9. The van der Waals surface area contributed by atoms with Crippen molar-refractivity contribution >= 4 is 55.0 Å². The number of fused-ring (bicyclic) bond motifs is 1. The number of amides is 1. The molecule has 1 amide bonds. The van der Waals surface area contributed by atoms with Crippen molar-refractivity contribution in [3.8, 4) is 0 Å². The Hall–Kier alpha value is -2.04. The van der Waals surface area contributed by atoms with E-state index < -0.39 is 10.0 Å². The number of likely N-dealkylation sites (N-methyl/N-ethyl adjacent to an activating group) is 1. The Balaban J connectivity index is 0.00000400. The molecule has 2 aromatic carbocycles. The summed E-state index contributed by atoms with van der Waals surface area (Å²) < 4.78 is 29.0. The smallest absolute Gasteiger partial charge is 0.260 e. The third-order valence-electron chi connectivity index (χ3n) is 7.13. The van der Waals surface area contributed by atoms with E-state index in [1.54, 1.807) is 33.5 Å². The van der Waals surface area contributed by atoms with Crippen molar-refractivity contribution in [1.29, 1.82) is 0 Å². The third kappa shape index (κ3) is 6.74. The van der Waals surface area contributed by atoms with Crippen molar-refractivity contribution in [2.24, 2.45) is 0 Å². The monoisotopic (exact) mass is 578 g/mol. The summed E-state index contributed by atoms with van der Waals surface area (Å²) in [6.45, 7) is 12.5. The fraction of sp³-hybridized carbons (Fsp3) is 0.500. The lowest BCUT2D eigenvalue weighted by Crippen LogP contribution is -2.39. The van der Waals surface area contributed by atoms with Gasteiger partial charge in [0.25, 0.3) is 5.91 Å². The molecule has 1 fully saturated rings. The molecule has 4 rings (SSSR count). The molecule has 1 aliphatic heterocycles. The predicted molar refractivity (Wildman–Crippen MR) is 159 cm³/mol. The molecule has 0 saturated carbocycles. The molecule has 0 unspecified atom stereocenters. The topological polar surface area (TPSA) is 73.8 Å². The fourth-order valence-electron chi connectivity index (χ4n) is 4.90. The Bertz CT molecular complexity index is 1330. The minimum atomic E-state index is -3.56. The first-order valence-electron chi connectivity index (χ1n) is 13.3. The number of carbonyl (C=O) groups is 1. The highest BCUT2D eigenvalue weighted by atomic mass is 35.5. The van der Waals surface area contributed by atoms with Crippen molar-refractivity contribution in [3.05, 3.63) is 53.1 Å². The van der Waals surface area contributed by atoms with E-state index in [4.69, 9.17) is 4.98 Å². The molecular formula is C28H39ClN4O3S2. The van der Waals surface area contributed by atoms with Crippen LogP contribution in [0.25, 0.3) is 10.2 Å². The number of anilines is 1. The Morgan fingerprint density at radius 2 is 1.61 bits per heavy atom. The lowest BCUT2D eigenvalue weighted by Gasteiger charge is -2.25. The molecule has 38 heavy (non-hydrogen) atoms. The van der Waals surface area contributed by atoms with Crippen molar-refractivity contribution in [2.75, 3.05) is 44.2 Å². The Kier molecular flexibility index (Phi) is 10.7. The van der Waals surface area contributed by atoms with Gasteiger partial charge in [0.1, 0.15) is 0 Å². The zero-order valence-electron chi connectivity index (χ0n) is 22.8. The summed E-state index contributed by atoms with van der Waals surface area (Å²) in [5, 5.41) is 0.669. The van der Waals surface area contributed by atoms with E-state index in [1.807, 2.05) is 6.92 Å². The molecule has 1 aliphatic rings. The summed E-state index contributed by atoms with van der Waals surface area (Å²) in [5.41, 5.74) is 3.64. The van der Waals surface area contributed by atoms with Gasteiger partial charge in [0, 0.05) is 31.7 Å². The molecule has 0 atom stereocenters. The Labute approximate surface area is 237 Å².